The van der Waals surface area contributed by atoms with Gasteiger partial charge in [0, 0.05) is 44.3 Å². The van der Waals surface area contributed by atoms with E-state index in [0.717, 1.165) is 32.4 Å². The van der Waals surface area contributed by atoms with Crippen LogP contribution in [0.1, 0.15) is 46.0 Å². The van der Waals surface area contributed by atoms with E-state index < -0.39 is 0 Å². The molecule has 114 valence electrons. The van der Waals surface area contributed by atoms with Gasteiger partial charge in [-0.05, 0) is 46.0 Å². The zero-order valence-electron chi connectivity index (χ0n) is 13.1. The van der Waals surface area contributed by atoms with Crippen LogP contribution < -0.4 is 5.32 Å². The van der Waals surface area contributed by atoms with Crippen molar-refractivity contribution in [3.63, 3.8) is 0 Å². The number of amides is 1. The van der Waals surface area contributed by atoms with Gasteiger partial charge in [-0.1, -0.05) is 0 Å². The van der Waals surface area contributed by atoms with Crippen molar-refractivity contribution >= 4 is 5.91 Å². The monoisotopic (exact) mass is 279 g/mol. The van der Waals surface area contributed by atoms with Crippen molar-refractivity contribution in [2.24, 2.45) is 5.92 Å². The number of carbonyl (C=O) groups is 1. The van der Waals surface area contributed by atoms with Crippen LogP contribution in [-0.2, 0) is 4.79 Å². The molecule has 20 heavy (non-hydrogen) atoms. The van der Waals surface area contributed by atoms with E-state index in [-0.39, 0.29) is 5.92 Å². The molecule has 3 aliphatic heterocycles. The van der Waals surface area contributed by atoms with Crippen LogP contribution in [0.5, 0.6) is 0 Å². The summed E-state index contributed by atoms with van der Waals surface area (Å²) in [6, 6.07) is 2.17. The molecule has 3 unspecified atom stereocenters. The fourth-order valence-corrected chi connectivity index (χ4v) is 4.33. The summed E-state index contributed by atoms with van der Waals surface area (Å²) in [4.78, 5) is 17.3. The summed E-state index contributed by atoms with van der Waals surface area (Å²) in [7, 11) is 2.03. The van der Waals surface area contributed by atoms with Crippen molar-refractivity contribution in [2.75, 3.05) is 20.1 Å². The molecule has 0 saturated carbocycles. The topological polar surface area (TPSA) is 35.6 Å². The van der Waals surface area contributed by atoms with E-state index in [1.54, 1.807) is 0 Å². The summed E-state index contributed by atoms with van der Waals surface area (Å²) >= 11 is 0. The molecule has 0 aliphatic carbocycles. The third-order valence-electron chi connectivity index (χ3n) is 5.74. The number of nitrogens with zero attached hydrogens (tertiary/aromatic N) is 2. The Morgan fingerprint density at radius 2 is 1.90 bits per heavy atom. The molecule has 0 aromatic heterocycles. The summed E-state index contributed by atoms with van der Waals surface area (Å²) in [6.45, 7) is 6.79. The third kappa shape index (κ3) is 2.60. The van der Waals surface area contributed by atoms with E-state index in [1.807, 2.05) is 7.05 Å². The van der Waals surface area contributed by atoms with Crippen molar-refractivity contribution in [2.45, 2.75) is 70.1 Å². The molecule has 3 heterocycles. The highest BCUT2D eigenvalue weighted by Gasteiger charge is 2.44. The highest BCUT2D eigenvalue weighted by molar-refractivity contribution is 5.80. The fourth-order valence-electron chi connectivity index (χ4n) is 4.33. The Morgan fingerprint density at radius 1 is 1.20 bits per heavy atom. The van der Waals surface area contributed by atoms with Crippen molar-refractivity contribution in [1.82, 2.24) is 15.1 Å². The van der Waals surface area contributed by atoms with Crippen molar-refractivity contribution < 1.29 is 4.79 Å². The number of carbonyl (C=O) groups excluding carboxylic acids is 1. The average Bonchev–Trinajstić information content (AvgIpc) is 3.08. The first kappa shape index (κ1) is 14.3. The van der Waals surface area contributed by atoms with Gasteiger partial charge < -0.3 is 15.1 Å². The fraction of sp³-hybridized carbons (Fsp3) is 0.938. The first-order chi connectivity index (χ1) is 9.56. The van der Waals surface area contributed by atoms with E-state index in [2.05, 4.69) is 29.0 Å². The molecular weight excluding hydrogens is 250 g/mol. The lowest BCUT2D eigenvalue weighted by Crippen LogP contribution is -2.49. The lowest BCUT2D eigenvalue weighted by atomic mass is 9.87. The van der Waals surface area contributed by atoms with Gasteiger partial charge in [0.25, 0.3) is 0 Å². The van der Waals surface area contributed by atoms with Gasteiger partial charge in [0.05, 0.1) is 5.92 Å². The number of rotatable bonds is 3. The lowest BCUT2D eigenvalue weighted by molar-refractivity contribution is -0.137. The molecule has 2 bridgehead atoms. The minimum atomic E-state index is 0.252. The van der Waals surface area contributed by atoms with Gasteiger partial charge in [0.1, 0.15) is 0 Å². The summed E-state index contributed by atoms with van der Waals surface area (Å²) in [5, 5.41) is 3.58. The number of hydrogen-bond acceptors (Lipinski definition) is 3. The van der Waals surface area contributed by atoms with Crippen molar-refractivity contribution in [1.29, 1.82) is 0 Å². The van der Waals surface area contributed by atoms with Gasteiger partial charge in [-0.25, -0.2) is 0 Å². The maximum absolute atomic E-state index is 12.7. The first-order valence-electron chi connectivity index (χ1n) is 8.33. The number of hydrogen-bond donors (Lipinski definition) is 1. The molecule has 4 nitrogen and oxygen atoms in total. The molecule has 3 fully saturated rings. The summed E-state index contributed by atoms with van der Waals surface area (Å²) in [5.74, 6) is 0.648. The predicted octanol–water partition coefficient (Wildman–Crippen LogP) is 1.46. The van der Waals surface area contributed by atoms with E-state index in [4.69, 9.17) is 0 Å². The second-order valence-corrected chi connectivity index (χ2v) is 7.20. The van der Waals surface area contributed by atoms with Crippen LogP contribution in [0.3, 0.4) is 0 Å². The van der Waals surface area contributed by atoms with Gasteiger partial charge in [-0.15, -0.1) is 0 Å². The Morgan fingerprint density at radius 3 is 2.40 bits per heavy atom. The van der Waals surface area contributed by atoms with Crippen molar-refractivity contribution in [3.05, 3.63) is 0 Å². The Kier molecular flexibility index (Phi) is 4.04. The minimum Gasteiger partial charge on any atom is -0.342 e. The Bertz CT molecular complexity index is 363. The molecule has 3 rings (SSSR count). The van der Waals surface area contributed by atoms with Crippen molar-refractivity contribution in [3.8, 4) is 0 Å². The quantitative estimate of drug-likeness (QED) is 0.849. The molecule has 0 radical (unpaired) electrons. The maximum atomic E-state index is 12.7. The summed E-state index contributed by atoms with van der Waals surface area (Å²) in [6.07, 6.45) is 5.80. The minimum absolute atomic E-state index is 0.252. The molecule has 3 saturated heterocycles. The van der Waals surface area contributed by atoms with Crippen LogP contribution in [0.2, 0.25) is 0 Å². The number of fused-ring (bicyclic) bond motifs is 2. The zero-order valence-corrected chi connectivity index (χ0v) is 13.1. The molecular formula is C16H29N3O. The second kappa shape index (κ2) is 5.64. The number of piperidine rings is 1. The van der Waals surface area contributed by atoms with E-state index in [9.17, 15) is 4.79 Å². The molecule has 3 aliphatic rings. The van der Waals surface area contributed by atoms with E-state index >= 15 is 0 Å². The molecule has 0 spiro atoms. The largest absolute Gasteiger partial charge is 0.342 e. The van der Waals surface area contributed by atoms with Crippen LogP contribution >= 0.6 is 0 Å². The van der Waals surface area contributed by atoms with Gasteiger partial charge in [-0.2, -0.15) is 0 Å². The van der Waals surface area contributed by atoms with Gasteiger partial charge >= 0.3 is 0 Å². The maximum Gasteiger partial charge on any atom is 0.227 e. The van der Waals surface area contributed by atoms with Gasteiger partial charge in [0.15, 0.2) is 0 Å². The Labute approximate surface area is 122 Å². The van der Waals surface area contributed by atoms with E-state index in [1.165, 1.54) is 12.8 Å². The third-order valence-corrected chi connectivity index (χ3v) is 5.74. The Hall–Kier alpha value is -0.610. The molecule has 3 atom stereocenters. The molecule has 0 aromatic rings. The molecule has 0 aromatic carbocycles. The lowest BCUT2D eigenvalue weighted by Gasteiger charge is -2.39. The second-order valence-electron chi connectivity index (χ2n) is 7.20. The highest BCUT2D eigenvalue weighted by Crippen LogP contribution is 2.35. The van der Waals surface area contributed by atoms with Crippen LogP contribution in [0.4, 0.5) is 0 Å². The SMILES string of the molecule is CC(C)N1CCC(N(C)C(=O)C2CC3CCC2N3)CC1. The number of likely N-dealkylation sites (tertiary alicyclic amines) is 1. The van der Waals surface area contributed by atoms with Crippen LogP contribution in [0.25, 0.3) is 0 Å². The predicted molar refractivity (Wildman–Crippen MR) is 80.6 cm³/mol. The van der Waals surface area contributed by atoms with Crippen LogP contribution in [-0.4, -0.2) is 60.0 Å². The van der Waals surface area contributed by atoms with E-state index in [0.29, 0.717) is 30.1 Å². The van der Waals surface area contributed by atoms with Gasteiger partial charge in [-0.3, -0.25) is 4.79 Å². The van der Waals surface area contributed by atoms with Crippen LogP contribution in [0.15, 0.2) is 0 Å². The molecule has 4 heteroatoms. The average molecular weight is 279 g/mol. The molecule has 1 amide bonds. The normalized spacial score (nSPS) is 34.9. The zero-order chi connectivity index (χ0) is 14.3. The standard InChI is InChI=1S/C16H29N3O/c1-11(2)19-8-6-13(7-9-19)18(3)16(20)14-10-12-4-5-15(14)17-12/h11-15,17H,4-10H2,1-3H3. The van der Waals surface area contributed by atoms with Crippen LogP contribution in [0, 0.1) is 5.92 Å². The number of nitrogens with one attached hydrogen (secondary N) is 1. The van der Waals surface area contributed by atoms with Gasteiger partial charge in [0.2, 0.25) is 5.91 Å². The smallest absolute Gasteiger partial charge is 0.227 e. The highest BCUT2D eigenvalue weighted by atomic mass is 16.2. The summed E-state index contributed by atoms with van der Waals surface area (Å²) < 4.78 is 0. The Balaban J connectivity index is 1.54. The summed E-state index contributed by atoms with van der Waals surface area (Å²) in [5.41, 5.74) is 0. The first-order valence-corrected chi connectivity index (χ1v) is 8.33. The molecule has 1 N–H and O–H groups in total.